The van der Waals surface area contributed by atoms with Gasteiger partial charge in [0.15, 0.2) is 0 Å². The van der Waals surface area contributed by atoms with Crippen LogP contribution in [0.4, 0.5) is 0 Å². The Bertz CT molecular complexity index is 388. The lowest BCUT2D eigenvalue weighted by atomic mass is 10.00. The normalized spacial score (nSPS) is 12.5. The number of hydrogen-bond donors (Lipinski definition) is 1. The molecule has 0 aliphatic heterocycles. The molecule has 1 N–H and O–H groups in total. The van der Waals surface area contributed by atoms with Crippen LogP contribution in [0.1, 0.15) is 38.3 Å². The van der Waals surface area contributed by atoms with E-state index in [2.05, 4.69) is 18.8 Å². The van der Waals surface area contributed by atoms with Gasteiger partial charge >= 0.3 is 0 Å². The van der Waals surface area contributed by atoms with E-state index in [1.807, 2.05) is 25.1 Å². The van der Waals surface area contributed by atoms with Crippen LogP contribution in [0.5, 0.6) is 0 Å². The maximum Gasteiger partial charge on any atom is 0.0454 e. The van der Waals surface area contributed by atoms with Gasteiger partial charge in [-0.15, -0.1) is 6.58 Å². The van der Waals surface area contributed by atoms with Gasteiger partial charge in [0.05, 0.1) is 0 Å². The minimum absolute atomic E-state index is 0.239. The van der Waals surface area contributed by atoms with Crippen molar-refractivity contribution in [3.63, 3.8) is 0 Å². The second kappa shape index (κ2) is 7.05. The van der Waals surface area contributed by atoms with Gasteiger partial charge in [0.1, 0.15) is 0 Å². The first-order valence-electron chi connectivity index (χ1n) is 5.87. The van der Waals surface area contributed by atoms with E-state index in [1.165, 1.54) is 5.57 Å². The van der Waals surface area contributed by atoms with Crippen molar-refractivity contribution in [3.8, 4) is 0 Å². The Hall–Kier alpha value is -0.500. The topological polar surface area (TPSA) is 12.0 Å². The largest absolute Gasteiger partial charge is 0.310 e. The van der Waals surface area contributed by atoms with Crippen LogP contribution in [0.25, 0.3) is 0 Å². The van der Waals surface area contributed by atoms with Gasteiger partial charge in [0.25, 0.3) is 0 Å². The smallest absolute Gasteiger partial charge is 0.0454 e. The van der Waals surface area contributed by atoms with Crippen molar-refractivity contribution in [3.05, 3.63) is 46.0 Å². The standard InChI is InChI=1S/C14H19Cl2N/c1-4-17-14(8-5-10(2)3)12-9-11(15)6-7-13(12)16/h6-7,9,14,17H,2,4-5,8H2,1,3H3. The predicted molar refractivity (Wildman–Crippen MR) is 76.9 cm³/mol. The third kappa shape index (κ3) is 4.71. The van der Waals surface area contributed by atoms with Crippen LogP contribution < -0.4 is 5.32 Å². The molecule has 0 spiro atoms. The summed E-state index contributed by atoms with van der Waals surface area (Å²) in [6.07, 6.45) is 1.98. The van der Waals surface area contributed by atoms with E-state index >= 15 is 0 Å². The summed E-state index contributed by atoms with van der Waals surface area (Å²) in [5.74, 6) is 0. The van der Waals surface area contributed by atoms with Crippen molar-refractivity contribution in [2.45, 2.75) is 32.7 Å². The molecule has 1 atom stereocenters. The molecule has 1 unspecified atom stereocenters. The molecule has 0 amide bonds. The summed E-state index contributed by atoms with van der Waals surface area (Å²) in [4.78, 5) is 0. The number of benzene rings is 1. The SMILES string of the molecule is C=C(C)CCC(NCC)c1cc(Cl)ccc1Cl. The van der Waals surface area contributed by atoms with Crippen LogP contribution >= 0.6 is 23.2 Å². The van der Waals surface area contributed by atoms with Crippen LogP contribution in [-0.4, -0.2) is 6.54 Å². The monoisotopic (exact) mass is 271 g/mol. The molecular weight excluding hydrogens is 253 g/mol. The Morgan fingerprint density at radius 2 is 2.12 bits per heavy atom. The zero-order valence-electron chi connectivity index (χ0n) is 10.4. The molecule has 0 aromatic heterocycles. The Labute approximate surface area is 114 Å². The summed E-state index contributed by atoms with van der Waals surface area (Å²) in [6.45, 7) is 8.97. The fourth-order valence-corrected chi connectivity index (χ4v) is 2.22. The highest BCUT2D eigenvalue weighted by Crippen LogP contribution is 2.29. The molecule has 3 heteroatoms. The summed E-state index contributed by atoms with van der Waals surface area (Å²) in [6, 6.07) is 5.85. The fraction of sp³-hybridized carbons (Fsp3) is 0.429. The third-order valence-electron chi connectivity index (χ3n) is 2.64. The van der Waals surface area contributed by atoms with E-state index in [9.17, 15) is 0 Å². The highest BCUT2D eigenvalue weighted by molar-refractivity contribution is 6.33. The van der Waals surface area contributed by atoms with E-state index in [1.54, 1.807) is 0 Å². The molecule has 0 aliphatic carbocycles. The first-order valence-corrected chi connectivity index (χ1v) is 6.63. The van der Waals surface area contributed by atoms with Gasteiger partial charge in [-0.1, -0.05) is 35.7 Å². The minimum atomic E-state index is 0.239. The molecule has 0 heterocycles. The van der Waals surface area contributed by atoms with Gasteiger partial charge in [0, 0.05) is 16.1 Å². The molecule has 0 saturated heterocycles. The van der Waals surface area contributed by atoms with Crippen LogP contribution in [0.2, 0.25) is 10.0 Å². The lowest BCUT2D eigenvalue weighted by Gasteiger charge is -2.20. The van der Waals surface area contributed by atoms with Gasteiger partial charge < -0.3 is 5.32 Å². The van der Waals surface area contributed by atoms with Gasteiger partial charge in [0.2, 0.25) is 0 Å². The molecule has 1 nitrogen and oxygen atoms in total. The van der Waals surface area contributed by atoms with Gasteiger partial charge in [-0.2, -0.15) is 0 Å². The van der Waals surface area contributed by atoms with Crippen molar-refractivity contribution < 1.29 is 0 Å². The minimum Gasteiger partial charge on any atom is -0.310 e. The number of hydrogen-bond acceptors (Lipinski definition) is 1. The average molecular weight is 272 g/mol. The lowest BCUT2D eigenvalue weighted by Crippen LogP contribution is -2.21. The van der Waals surface area contributed by atoms with Gasteiger partial charge in [-0.25, -0.2) is 0 Å². The molecule has 0 bridgehead atoms. The Balaban J connectivity index is 2.87. The quantitative estimate of drug-likeness (QED) is 0.718. The second-order valence-electron chi connectivity index (χ2n) is 4.27. The first-order chi connectivity index (χ1) is 8.04. The predicted octanol–water partition coefficient (Wildman–Crippen LogP) is 5.00. The van der Waals surface area contributed by atoms with E-state index in [0.29, 0.717) is 0 Å². The molecule has 1 aromatic carbocycles. The highest BCUT2D eigenvalue weighted by atomic mass is 35.5. The molecule has 1 rings (SSSR count). The van der Waals surface area contributed by atoms with E-state index in [-0.39, 0.29) is 6.04 Å². The highest BCUT2D eigenvalue weighted by Gasteiger charge is 2.14. The summed E-state index contributed by atoms with van der Waals surface area (Å²) in [5, 5.41) is 4.93. The van der Waals surface area contributed by atoms with Gasteiger partial charge in [-0.05, 0) is 50.1 Å². The number of rotatable bonds is 6. The zero-order valence-corrected chi connectivity index (χ0v) is 11.9. The maximum absolute atomic E-state index is 6.22. The number of allylic oxidation sites excluding steroid dienone is 1. The van der Waals surface area contributed by atoms with Crippen LogP contribution in [0, 0.1) is 0 Å². The van der Waals surface area contributed by atoms with Crippen molar-refractivity contribution in [2.24, 2.45) is 0 Å². The van der Waals surface area contributed by atoms with Crippen molar-refractivity contribution in [1.82, 2.24) is 5.32 Å². The third-order valence-corrected chi connectivity index (χ3v) is 3.22. The summed E-state index contributed by atoms with van der Waals surface area (Å²) < 4.78 is 0. The molecule has 1 aromatic rings. The molecule has 0 fully saturated rings. The fourth-order valence-electron chi connectivity index (χ4n) is 1.79. The van der Waals surface area contributed by atoms with Crippen LogP contribution in [0.15, 0.2) is 30.4 Å². The van der Waals surface area contributed by atoms with E-state index in [4.69, 9.17) is 23.2 Å². The molecule has 0 radical (unpaired) electrons. The Kier molecular flexibility index (Phi) is 6.04. The average Bonchev–Trinajstić information content (AvgIpc) is 2.27. The lowest BCUT2D eigenvalue weighted by molar-refractivity contribution is 0.515. The first kappa shape index (κ1) is 14.6. The molecule has 94 valence electrons. The number of halogens is 2. The molecule has 0 saturated carbocycles. The van der Waals surface area contributed by atoms with Crippen LogP contribution in [0.3, 0.4) is 0 Å². The van der Waals surface area contributed by atoms with Crippen molar-refractivity contribution in [1.29, 1.82) is 0 Å². The molecule has 0 aliphatic rings. The molecule has 17 heavy (non-hydrogen) atoms. The van der Waals surface area contributed by atoms with Crippen molar-refractivity contribution in [2.75, 3.05) is 6.54 Å². The summed E-state index contributed by atoms with van der Waals surface area (Å²) >= 11 is 12.2. The summed E-state index contributed by atoms with van der Waals surface area (Å²) in [5.41, 5.74) is 2.26. The number of nitrogens with one attached hydrogen (secondary N) is 1. The Morgan fingerprint density at radius 3 is 2.71 bits per heavy atom. The zero-order chi connectivity index (χ0) is 12.8. The van der Waals surface area contributed by atoms with Crippen LogP contribution in [-0.2, 0) is 0 Å². The Morgan fingerprint density at radius 1 is 1.41 bits per heavy atom. The maximum atomic E-state index is 6.22. The van der Waals surface area contributed by atoms with Gasteiger partial charge in [-0.3, -0.25) is 0 Å². The van der Waals surface area contributed by atoms with E-state index in [0.717, 1.165) is 35.0 Å². The van der Waals surface area contributed by atoms with E-state index < -0.39 is 0 Å². The summed E-state index contributed by atoms with van der Waals surface area (Å²) in [7, 11) is 0. The van der Waals surface area contributed by atoms with Crippen molar-refractivity contribution >= 4 is 23.2 Å². The molecular formula is C14H19Cl2N. The second-order valence-corrected chi connectivity index (χ2v) is 5.12.